The van der Waals surface area contributed by atoms with Crippen LogP contribution in [0.25, 0.3) is 11.6 Å². The molecule has 0 unspecified atom stereocenters. The van der Waals surface area contributed by atoms with Crippen LogP contribution in [0.3, 0.4) is 0 Å². The Hall–Kier alpha value is -2.10. The number of benzene rings is 2. The van der Waals surface area contributed by atoms with E-state index < -0.39 is 0 Å². The number of hydrogen-bond donors (Lipinski definition) is 3. The van der Waals surface area contributed by atoms with Crippen LogP contribution >= 0.6 is 0 Å². The van der Waals surface area contributed by atoms with Crippen LogP contribution in [-0.2, 0) is 13.1 Å². The van der Waals surface area contributed by atoms with Gasteiger partial charge in [-0.15, -0.1) is 0 Å². The summed E-state index contributed by atoms with van der Waals surface area (Å²) in [6, 6.07) is 14.1. The van der Waals surface area contributed by atoms with Crippen LogP contribution in [0.15, 0.2) is 42.5 Å². The lowest BCUT2D eigenvalue weighted by Crippen LogP contribution is -1.99. The molecule has 0 saturated carbocycles. The Morgan fingerprint density at radius 2 is 1.70 bits per heavy atom. The highest BCUT2D eigenvalue weighted by Crippen LogP contribution is 2.23. The number of hydrogen-bond acceptors (Lipinski definition) is 3. The summed E-state index contributed by atoms with van der Waals surface area (Å²) >= 11 is 0. The number of rotatable bonds is 4. The highest BCUT2D eigenvalue weighted by Gasteiger charge is 2.01. The summed E-state index contributed by atoms with van der Waals surface area (Å²) < 4.78 is 0. The van der Waals surface area contributed by atoms with Gasteiger partial charge < -0.3 is 17.2 Å². The number of allylic oxidation sites excluding steroid dienone is 1. The molecule has 0 aliphatic carbocycles. The van der Waals surface area contributed by atoms with Crippen LogP contribution in [0, 0.1) is 0 Å². The molecule has 0 aliphatic rings. The maximum absolute atomic E-state index is 6.02. The normalized spacial score (nSPS) is 11.7. The van der Waals surface area contributed by atoms with Gasteiger partial charge in [0.2, 0.25) is 0 Å². The van der Waals surface area contributed by atoms with Crippen LogP contribution in [-0.4, -0.2) is 0 Å². The van der Waals surface area contributed by atoms with Gasteiger partial charge in [-0.3, -0.25) is 0 Å². The Bertz CT molecular complexity index is 630. The van der Waals surface area contributed by atoms with Crippen LogP contribution < -0.4 is 17.2 Å². The lowest BCUT2D eigenvalue weighted by atomic mass is 10.0. The van der Waals surface area contributed by atoms with E-state index >= 15 is 0 Å². The van der Waals surface area contributed by atoms with Gasteiger partial charge in [-0.05, 0) is 53.0 Å². The fourth-order valence-electron chi connectivity index (χ4n) is 2.14. The average molecular weight is 267 g/mol. The third-order valence-electron chi connectivity index (χ3n) is 3.38. The summed E-state index contributed by atoms with van der Waals surface area (Å²) in [5.74, 6) is 0. The van der Waals surface area contributed by atoms with Crippen molar-refractivity contribution < 1.29 is 0 Å². The van der Waals surface area contributed by atoms with Gasteiger partial charge in [0.25, 0.3) is 0 Å². The summed E-state index contributed by atoms with van der Waals surface area (Å²) in [5.41, 5.74) is 23.7. The Labute approximate surface area is 120 Å². The van der Waals surface area contributed by atoms with Gasteiger partial charge in [-0.1, -0.05) is 30.3 Å². The fraction of sp³-hybridized carbons (Fsp3) is 0.176. The summed E-state index contributed by atoms with van der Waals surface area (Å²) in [6.45, 7) is 3.14. The molecule has 0 amide bonds. The molecule has 0 bridgehead atoms. The van der Waals surface area contributed by atoms with Crippen molar-refractivity contribution in [3.05, 3.63) is 64.7 Å². The van der Waals surface area contributed by atoms with Crippen molar-refractivity contribution >= 4 is 17.3 Å². The first kappa shape index (κ1) is 14.3. The quantitative estimate of drug-likeness (QED) is 0.588. The molecule has 2 rings (SSSR count). The second kappa shape index (κ2) is 6.37. The average Bonchev–Trinajstić information content (AvgIpc) is 2.49. The van der Waals surface area contributed by atoms with E-state index in [0.29, 0.717) is 13.1 Å². The van der Waals surface area contributed by atoms with E-state index in [-0.39, 0.29) is 0 Å². The molecule has 0 atom stereocenters. The monoisotopic (exact) mass is 267 g/mol. The molecular formula is C17H21N3. The zero-order valence-electron chi connectivity index (χ0n) is 11.8. The second-order valence-corrected chi connectivity index (χ2v) is 4.90. The van der Waals surface area contributed by atoms with Crippen LogP contribution in [0.2, 0.25) is 0 Å². The maximum atomic E-state index is 6.02. The SMILES string of the molecule is C/C(=C\c1cc(CN)ccc1N)c1cccc(CN)c1. The highest BCUT2D eigenvalue weighted by molar-refractivity contribution is 5.84. The van der Waals surface area contributed by atoms with E-state index in [1.165, 1.54) is 0 Å². The minimum atomic E-state index is 0.517. The van der Waals surface area contributed by atoms with E-state index in [0.717, 1.165) is 33.5 Å². The van der Waals surface area contributed by atoms with Crippen molar-refractivity contribution in [1.82, 2.24) is 0 Å². The summed E-state index contributed by atoms with van der Waals surface area (Å²) in [4.78, 5) is 0. The molecule has 2 aromatic rings. The van der Waals surface area contributed by atoms with Crippen LogP contribution in [0.1, 0.15) is 29.2 Å². The van der Waals surface area contributed by atoms with E-state index in [1.54, 1.807) is 0 Å². The second-order valence-electron chi connectivity index (χ2n) is 4.90. The Morgan fingerprint density at radius 3 is 2.40 bits per heavy atom. The molecule has 0 aliphatic heterocycles. The maximum Gasteiger partial charge on any atom is 0.0387 e. The van der Waals surface area contributed by atoms with Crippen molar-refractivity contribution in [2.24, 2.45) is 11.5 Å². The number of nitrogen functional groups attached to an aromatic ring is 1. The minimum Gasteiger partial charge on any atom is -0.398 e. The molecule has 0 saturated heterocycles. The summed E-state index contributed by atoms with van der Waals surface area (Å²) in [5, 5.41) is 0. The summed E-state index contributed by atoms with van der Waals surface area (Å²) in [7, 11) is 0. The fourth-order valence-corrected chi connectivity index (χ4v) is 2.14. The van der Waals surface area contributed by atoms with E-state index in [4.69, 9.17) is 17.2 Å². The lowest BCUT2D eigenvalue weighted by molar-refractivity contribution is 1.07. The van der Waals surface area contributed by atoms with Crippen molar-refractivity contribution in [2.75, 3.05) is 5.73 Å². The van der Waals surface area contributed by atoms with Gasteiger partial charge in [-0.2, -0.15) is 0 Å². The van der Waals surface area contributed by atoms with Crippen molar-refractivity contribution in [3.63, 3.8) is 0 Å². The zero-order chi connectivity index (χ0) is 14.5. The molecule has 6 N–H and O–H groups in total. The predicted octanol–water partition coefficient (Wildman–Crippen LogP) is 2.75. The predicted molar refractivity (Wildman–Crippen MR) is 86.6 cm³/mol. The Balaban J connectivity index is 2.38. The molecular weight excluding hydrogens is 246 g/mol. The standard InChI is InChI=1S/C17H21N3/c1-12(15-4-2-3-13(8-15)10-18)7-16-9-14(11-19)5-6-17(16)20/h2-9H,10-11,18-20H2,1H3/b12-7+. The molecule has 3 heteroatoms. The molecule has 2 aromatic carbocycles. The highest BCUT2D eigenvalue weighted by atomic mass is 14.6. The lowest BCUT2D eigenvalue weighted by Gasteiger charge is -2.07. The van der Waals surface area contributed by atoms with E-state index in [2.05, 4.69) is 25.1 Å². The van der Waals surface area contributed by atoms with Crippen molar-refractivity contribution in [2.45, 2.75) is 20.0 Å². The molecule has 3 nitrogen and oxygen atoms in total. The van der Waals surface area contributed by atoms with Gasteiger partial charge in [0.1, 0.15) is 0 Å². The molecule has 20 heavy (non-hydrogen) atoms. The molecule has 104 valence electrons. The van der Waals surface area contributed by atoms with Crippen LogP contribution in [0.4, 0.5) is 5.69 Å². The Morgan fingerprint density at radius 1 is 1.00 bits per heavy atom. The first-order valence-corrected chi connectivity index (χ1v) is 6.70. The molecule has 0 heterocycles. The molecule has 0 aromatic heterocycles. The van der Waals surface area contributed by atoms with E-state index in [9.17, 15) is 0 Å². The first-order valence-electron chi connectivity index (χ1n) is 6.70. The summed E-state index contributed by atoms with van der Waals surface area (Å²) in [6.07, 6.45) is 2.09. The zero-order valence-corrected chi connectivity index (χ0v) is 11.8. The number of anilines is 1. The Kier molecular flexibility index (Phi) is 4.56. The first-order chi connectivity index (χ1) is 9.63. The number of nitrogens with two attached hydrogens (primary N) is 3. The molecule has 0 fully saturated rings. The third-order valence-corrected chi connectivity index (χ3v) is 3.38. The van der Waals surface area contributed by atoms with Gasteiger partial charge in [0.15, 0.2) is 0 Å². The van der Waals surface area contributed by atoms with Crippen LogP contribution in [0.5, 0.6) is 0 Å². The largest absolute Gasteiger partial charge is 0.398 e. The topological polar surface area (TPSA) is 78.1 Å². The molecule has 0 spiro atoms. The van der Waals surface area contributed by atoms with Gasteiger partial charge in [0.05, 0.1) is 0 Å². The van der Waals surface area contributed by atoms with Gasteiger partial charge in [0, 0.05) is 18.8 Å². The smallest absolute Gasteiger partial charge is 0.0387 e. The molecule has 0 radical (unpaired) electrons. The minimum absolute atomic E-state index is 0.517. The van der Waals surface area contributed by atoms with Gasteiger partial charge in [-0.25, -0.2) is 0 Å². The van der Waals surface area contributed by atoms with E-state index in [1.807, 2.05) is 30.3 Å². The van der Waals surface area contributed by atoms with Gasteiger partial charge >= 0.3 is 0 Å². The third kappa shape index (κ3) is 3.26. The van der Waals surface area contributed by atoms with Crippen molar-refractivity contribution in [3.8, 4) is 0 Å². The van der Waals surface area contributed by atoms with Crippen molar-refractivity contribution in [1.29, 1.82) is 0 Å².